The molecule has 21 heavy (non-hydrogen) atoms. The van der Waals surface area contributed by atoms with Crippen molar-refractivity contribution < 1.29 is 14.7 Å². The van der Waals surface area contributed by atoms with Crippen molar-refractivity contribution in [1.82, 2.24) is 15.1 Å². The largest absolute Gasteiger partial charge is 0.481 e. The van der Waals surface area contributed by atoms with Gasteiger partial charge in [-0.15, -0.1) is 0 Å². The Kier molecular flexibility index (Phi) is 3.77. The molecule has 6 heteroatoms. The minimum absolute atomic E-state index is 0.0207. The summed E-state index contributed by atoms with van der Waals surface area (Å²) in [5.74, 6) is -1.86. The Bertz CT molecular complexity index is 553. The predicted molar refractivity (Wildman–Crippen MR) is 75.2 cm³/mol. The van der Waals surface area contributed by atoms with E-state index in [9.17, 15) is 14.7 Å². The molecule has 1 aromatic heterocycles. The second-order valence-corrected chi connectivity index (χ2v) is 5.75. The van der Waals surface area contributed by atoms with Gasteiger partial charge in [-0.3, -0.25) is 14.3 Å². The van der Waals surface area contributed by atoms with Gasteiger partial charge in [0.15, 0.2) is 0 Å². The number of nitrogens with one attached hydrogen (secondary N) is 1. The van der Waals surface area contributed by atoms with E-state index >= 15 is 0 Å². The summed E-state index contributed by atoms with van der Waals surface area (Å²) in [6.45, 7) is 1.29. The molecule has 0 unspecified atom stereocenters. The molecule has 1 aromatic rings. The zero-order chi connectivity index (χ0) is 14.8. The number of fused-ring (bicyclic) bond motifs is 2. The number of carbonyl (C=O) groups is 2. The third-order valence-electron chi connectivity index (χ3n) is 4.47. The summed E-state index contributed by atoms with van der Waals surface area (Å²) >= 11 is 0. The first kappa shape index (κ1) is 13.9. The molecule has 2 bridgehead atoms. The molecular weight excluding hydrogens is 270 g/mol. The molecule has 112 valence electrons. The molecule has 0 aromatic carbocycles. The molecule has 2 N–H and O–H groups in total. The monoisotopic (exact) mass is 289 g/mol. The number of amides is 1. The average Bonchev–Trinajstić information content (AvgIpc) is 3.18. The van der Waals surface area contributed by atoms with Gasteiger partial charge in [-0.2, -0.15) is 5.10 Å². The molecule has 0 saturated heterocycles. The maximum atomic E-state index is 12.3. The van der Waals surface area contributed by atoms with Crippen molar-refractivity contribution in [3.63, 3.8) is 0 Å². The number of carboxylic acid groups (broad SMARTS) is 1. The quantitative estimate of drug-likeness (QED) is 0.602. The van der Waals surface area contributed by atoms with Crippen LogP contribution >= 0.6 is 0 Å². The van der Waals surface area contributed by atoms with Gasteiger partial charge in [-0.1, -0.05) is 12.2 Å². The molecule has 2 aliphatic carbocycles. The van der Waals surface area contributed by atoms with E-state index < -0.39 is 17.8 Å². The van der Waals surface area contributed by atoms with Crippen molar-refractivity contribution in [3.05, 3.63) is 30.6 Å². The van der Waals surface area contributed by atoms with E-state index in [2.05, 4.69) is 10.4 Å². The van der Waals surface area contributed by atoms with Crippen molar-refractivity contribution in [1.29, 1.82) is 0 Å². The number of carboxylic acids is 1. The number of nitrogens with zero attached hydrogens (tertiary/aromatic N) is 2. The van der Waals surface area contributed by atoms with E-state index in [1.165, 1.54) is 0 Å². The predicted octanol–water partition coefficient (Wildman–Crippen LogP) is 0.912. The molecule has 0 spiro atoms. The van der Waals surface area contributed by atoms with Gasteiger partial charge >= 0.3 is 5.97 Å². The number of rotatable bonds is 6. The van der Waals surface area contributed by atoms with Crippen molar-refractivity contribution >= 4 is 11.9 Å². The van der Waals surface area contributed by atoms with Crippen LogP contribution in [0.5, 0.6) is 0 Å². The highest BCUT2D eigenvalue weighted by atomic mass is 16.4. The van der Waals surface area contributed by atoms with E-state index in [4.69, 9.17) is 0 Å². The lowest BCUT2D eigenvalue weighted by Crippen LogP contribution is -2.40. The van der Waals surface area contributed by atoms with Gasteiger partial charge in [0.1, 0.15) is 0 Å². The summed E-state index contributed by atoms with van der Waals surface area (Å²) in [7, 11) is 0. The van der Waals surface area contributed by atoms with Crippen molar-refractivity contribution in [3.8, 4) is 0 Å². The number of hydrogen-bond acceptors (Lipinski definition) is 3. The van der Waals surface area contributed by atoms with Crippen LogP contribution in [0.1, 0.15) is 12.8 Å². The molecule has 0 radical (unpaired) electrons. The lowest BCUT2D eigenvalue weighted by Gasteiger charge is -2.23. The Balaban J connectivity index is 1.51. The summed E-state index contributed by atoms with van der Waals surface area (Å²) in [6, 6.07) is 1.86. The molecule has 1 heterocycles. The molecule has 0 aliphatic heterocycles. The van der Waals surface area contributed by atoms with Crippen LogP contribution in [0.25, 0.3) is 0 Å². The fraction of sp³-hybridized carbons (Fsp3) is 0.533. The highest BCUT2D eigenvalue weighted by molar-refractivity contribution is 5.86. The molecule has 1 amide bonds. The molecule has 1 saturated carbocycles. The zero-order valence-electron chi connectivity index (χ0n) is 11.7. The third-order valence-corrected chi connectivity index (χ3v) is 4.47. The normalized spacial score (nSPS) is 29.7. The fourth-order valence-electron chi connectivity index (χ4n) is 3.52. The maximum absolute atomic E-state index is 12.3. The summed E-state index contributed by atoms with van der Waals surface area (Å²) in [4.78, 5) is 23.6. The molecule has 4 atom stereocenters. The van der Waals surface area contributed by atoms with Crippen LogP contribution in [0.2, 0.25) is 0 Å². The Labute approximate surface area is 122 Å². The topological polar surface area (TPSA) is 84.2 Å². The molecule has 2 aliphatic rings. The van der Waals surface area contributed by atoms with E-state index in [0.29, 0.717) is 6.54 Å². The minimum atomic E-state index is -0.858. The van der Waals surface area contributed by atoms with Crippen LogP contribution in [0, 0.1) is 23.7 Å². The summed E-state index contributed by atoms with van der Waals surface area (Å²) in [5.41, 5.74) is 0. The summed E-state index contributed by atoms with van der Waals surface area (Å²) < 4.78 is 1.81. The van der Waals surface area contributed by atoms with Crippen LogP contribution in [0.15, 0.2) is 30.6 Å². The average molecular weight is 289 g/mol. The highest BCUT2D eigenvalue weighted by Crippen LogP contribution is 2.48. The SMILES string of the molecule is O=C(O)[C@@H]1[C@H](C(=O)NCCCn2cccn2)[C@H]2C=C[C@H]1C2. The van der Waals surface area contributed by atoms with Gasteiger partial charge in [0.25, 0.3) is 0 Å². The van der Waals surface area contributed by atoms with Crippen LogP contribution in [-0.4, -0.2) is 33.3 Å². The number of aliphatic carboxylic acids is 1. The van der Waals surface area contributed by atoms with Crippen LogP contribution in [0.3, 0.4) is 0 Å². The van der Waals surface area contributed by atoms with Gasteiger partial charge in [0.2, 0.25) is 5.91 Å². The van der Waals surface area contributed by atoms with Gasteiger partial charge in [-0.05, 0) is 30.7 Å². The summed E-state index contributed by atoms with van der Waals surface area (Å²) in [5, 5.41) is 16.3. The smallest absolute Gasteiger partial charge is 0.307 e. The summed E-state index contributed by atoms with van der Waals surface area (Å²) in [6.07, 6.45) is 9.12. The first-order valence-corrected chi connectivity index (χ1v) is 7.33. The van der Waals surface area contributed by atoms with Crippen LogP contribution < -0.4 is 5.32 Å². The standard InChI is InChI=1S/C15H19N3O3/c19-14(16-5-1-7-18-8-2-6-17-18)12-10-3-4-11(9-10)13(12)15(20)21/h2-4,6,8,10-13H,1,5,7,9H2,(H,16,19)(H,20,21)/t10-,11-,12+,13-/m0/s1. The Hall–Kier alpha value is -2.11. The zero-order valence-corrected chi connectivity index (χ0v) is 11.7. The van der Waals surface area contributed by atoms with Gasteiger partial charge in [0.05, 0.1) is 11.8 Å². The first-order chi connectivity index (χ1) is 10.2. The Morgan fingerprint density at radius 2 is 2.05 bits per heavy atom. The van der Waals surface area contributed by atoms with Crippen molar-refractivity contribution in [2.24, 2.45) is 23.7 Å². The Morgan fingerprint density at radius 1 is 1.29 bits per heavy atom. The van der Waals surface area contributed by atoms with E-state index in [-0.39, 0.29) is 17.7 Å². The molecule has 1 fully saturated rings. The lowest BCUT2D eigenvalue weighted by atomic mass is 9.82. The molecule has 6 nitrogen and oxygen atoms in total. The Morgan fingerprint density at radius 3 is 2.71 bits per heavy atom. The van der Waals surface area contributed by atoms with Gasteiger partial charge in [0, 0.05) is 25.5 Å². The maximum Gasteiger partial charge on any atom is 0.307 e. The lowest BCUT2D eigenvalue weighted by molar-refractivity contribution is -0.147. The fourth-order valence-corrected chi connectivity index (χ4v) is 3.52. The van der Waals surface area contributed by atoms with Crippen LogP contribution in [0.4, 0.5) is 0 Å². The highest BCUT2D eigenvalue weighted by Gasteiger charge is 2.51. The number of allylic oxidation sites excluding steroid dienone is 2. The third kappa shape index (κ3) is 2.70. The van der Waals surface area contributed by atoms with E-state index in [1.54, 1.807) is 6.20 Å². The minimum Gasteiger partial charge on any atom is -0.481 e. The number of aromatic nitrogens is 2. The van der Waals surface area contributed by atoms with Gasteiger partial charge in [-0.25, -0.2) is 0 Å². The van der Waals surface area contributed by atoms with E-state index in [1.807, 2.05) is 29.1 Å². The number of carbonyl (C=O) groups excluding carboxylic acids is 1. The van der Waals surface area contributed by atoms with Crippen molar-refractivity contribution in [2.75, 3.05) is 6.54 Å². The number of hydrogen-bond donors (Lipinski definition) is 2. The second-order valence-electron chi connectivity index (χ2n) is 5.75. The van der Waals surface area contributed by atoms with Crippen molar-refractivity contribution in [2.45, 2.75) is 19.4 Å². The molecular formula is C15H19N3O3. The van der Waals surface area contributed by atoms with E-state index in [0.717, 1.165) is 19.4 Å². The van der Waals surface area contributed by atoms with Crippen LogP contribution in [-0.2, 0) is 16.1 Å². The molecule has 3 rings (SSSR count). The van der Waals surface area contributed by atoms with Gasteiger partial charge < -0.3 is 10.4 Å². The first-order valence-electron chi connectivity index (χ1n) is 7.33. The second kappa shape index (κ2) is 5.71. The number of aryl methyl sites for hydroxylation is 1.